The molecule has 1 amide bonds. The van der Waals surface area contributed by atoms with E-state index in [0.717, 1.165) is 24.0 Å². The molecule has 194 valence electrons. The number of benzene rings is 1. The minimum Gasteiger partial charge on any atom is -0.501 e. The molecule has 9 nitrogen and oxygen atoms in total. The van der Waals surface area contributed by atoms with Crippen molar-refractivity contribution in [3.8, 4) is 34.1 Å². The van der Waals surface area contributed by atoms with Crippen LogP contribution in [0, 0.1) is 13.5 Å². The summed E-state index contributed by atoms with van der Waals surface area (Å²) >= 11 is 0. The topological polar surface area (TPSA) is 91.3 Å². The molecule has 0 unspecified atom stereocenters. The van der Waals surface area contributed by atoms with Crippen LogP contribution >= 0.6 is 0 Å². The fourth-order valence-corrected chi connectivity index (χ4v) is 4.55. The van der Waals surface area contributed by atoms with Crippen LogP contribution in [0.3, 0.4) is 0 Å². The number of aryl methyl sites for hydroxylation is 1. The molecule has 5 rings (SSSR count). The molecule has 0 spiro atoms. The lowest BCUT2D eigenvalue weighted by atomic mass is 10.0. The second-order valence-corrected chi connectivity index (χ2v) is 9.34. The van der Waals surface area contributed by atoms with Crippen molar-refractivity contribution in [1.29, 1.82) is 0 Å². The van der Waals surface area contributed by atoms with Crippen molar-refractivity contribution in [2.24, 2.45) is 0 Å². The van der Waals surface area contributed by atoms with Gasteiger partial charge in [0.25, 0.3) is 5.91 Å². The summed E-state index contributed by atoms with van der Waals surface area (Å²) in [4.78, 5) is 26.6. The maximum absolute atomic E-state index is 12.3. The van der Waals surface area contributed by atoms with Crippen LogP contribution in [0.2, 0.25) is 0 Å². The lowest BCUT2D eigenvalue weighted by Crippen LogP contribution is -2.25. The van der Waals surface area contributed by atoms with Crippen molar-refractivity contribution < 1.29 is 23.4 Å². The van der Waals surface area contributed by atoms with Gasteiger partial charge in [0, 0.05) is 39.2 Å². The number of ether oxygens (including phenoxy) is 3. The normalized spacial score (nSPS) is 13.8. The maximum Gasteiger partial charge on any atom is 0.254 e. The molecule has 38 heavy (non-hydrogen) atoms. The van der Waals surface area contributed by atoms with Crippen LogP contribution in [0.15, 0.2) is 47.1 Å². The Balaban J connectivity index is 1.56. The van der Waals surface area contributed by atoms with E-state index in [1.54, 1.807) is 45.7 Å². The third-order valence-electron chi connectivity index (χ3n) is 6.52. The first-order valence-electron chi connectivity index (χ1n) is 12.3. The number of hydrogen-bond acceptors (Lipinski definition) is 7. The summed E-state index contributed by atoms with van der Waals surface area (Å²) in [6.07, 6.45) is 4.81. The molecular formula is C29H28N4O5. The Morgan fingerprint density at radius 1 is 1.11 bits per heavy atom. The number of rotatable bonds is 6. The van der Waals surface area contributed by atoms with E-state index in [1.807, 2.05) is 25.1 Å². The van der Waals surface area contributed by atoms with Crippen LogP contribution in [0.4, 0.5) is 5.69 Å². The zero-order chi connectivity index (χ0) is 26.8. The molecule has 1 aliphatic rings. The summed E-state index contributed by atoms with van der Waals surface area (Å²) in [5.41, 5.74) is 4.90. The van der Waals surface area contributed by atoms with Crippen LogP contribution in [-0.4, -0.2) is 61.3 Å². The highest BCUT2D eigenvalue weighted by Gasteiger charge is 2.22. The van der Waals surface area contributed by atoms with Crippen LogP contribution in [0.5, 0.6) is 11.5 Å². The molecule has 9 heteroatoms. The van der Waals surface area contributed by atoms with E-state index in [1.165, 1.54) is 4.90 Å². The molecule has 1 saturated heterocycles. The van der Waals surface area contributed by atoms with Gasteiger partial charge in [0.05, 0.1) is 44.2 Å². The number of nitrogens with zero attached hydrogens (tertiary/aromatic N) is 4. The monoisotopic (exact) mass is 512 g/mol. The van der Waals surface area contributed by atoms with Crippen LogP contribution in [-0.2, 0) is 4.74 Å². The number of amides is 1. The molecule has 0 atom stereocenters. The predicted octanol–water partition coefficient (Wildman–Crippen LogP) is 5.68. The van der Waals surface area contributed by atoms with Crippen molar-refractivity contribution in [2.45, 2.75) is 25.9 Å². The number of fused-ring (bicyclic) bond motifs is 1. The number of hydrogen-bond donors (Lipinski definition) is 0. The summed E-state index contributed by atoms with van der Waals surface area (Å²) in [6, 6.07) is 9.12. The Labute approximate surface area is 220 Å². The minimum atomic E-state index is -0.120. The molecule has 4 aromatic rings. The Bertz CT molecular complexity index is 1550. The minimum absolute atomic E-state index is 0.0278. The van der Waals surface area contributed by atoms with Crippen LogP contribution < -0.4 is 9.47 Å². The van der Waals surface area contributed by atoms with Crippen molar-refractivity contribution in [3.05, 3.63) is 65.3 Å². The molecule has 0 radical (unpaired) electrons. The molecule has 4 heterocycles. The first kappa shape index (κ1) is 25.2. The van der Waals surface area contributed by atoms with E-state index in [0.29, 0.717) is 64.1 Å². The zero-order valence-electron chi connectivity index (χ0n) is 21.8. The summed E-state index contributed by atoms with van der Waals surface area (Å²) in [7, 11) is 4.98. The summed E-state index contributed by atoms with van der Waals surface area (Å²) in [5, 5.41) is 0. The van der Waals surface area contributed by atoms with Gasteiger partial charge in [-0.2, -0.15) is 0 Å². The largest absolute Gasteiger partial charge is 0.501 e. The van der Waals surface area contributed by atoms with Crippen molar-refractivity contribution in [3.63, 3.8) is 0 Å². The van der Waals surface area contributed by atoms with Gasteiger partial charge >= 0.3 is 0 Å². The van der Waals surface area contributed by atoms with Crippen LogP contribution in [0.25, 0.3) is 38.5 Å². The quantitative estimate of drug-likeness (QED) is 0.307. The highest BCUT2D eigenvalue weighted by molar-refractivity contribution is 5.97. The zero-order valence-corrected chi connectivity index (χ0v) is 21.8. The fraction of sp³-hybridized carbons (Fsp3) is 0.310. The molecular weight excluding hydrogens is 484 g/mol. The van der Waals surface area contributed by atoms with Gasteiger partial charge in [-0.1, -0.05) is 6.07 Å². The van der Waals surface area contributed by atoms with Gasteiger partial charge < -0.3 is 23.5 Å². The Hall–Kier alpha value is -4.42. The third-order valence-corrected chi connectivity index (χ3v) is 6.52. The lowest BCUT2D eigenvalue weighted by Gasteiger charge is -2.24. The van der Waals surface area contributed by atoms with Gasteiger partial charge in [-0.3, -0.25) is 9.78 Å². The third kappa shape index (κ3) is 4.78. The highest BCUT2D eigenvalue weighted by Crippen LogP contribution is 2.42. The van der Waals surface area contributed by atoms with E-state index < -0.39 is 0 Å². The summed E-state index contributed by atoms with van der Waals surface area (Å²) in [6.45, 7) is 11.0. The molecule has 1 aliphatic heterocycles. The van der Waals surface area contributed by atoms with E-state index in [4.69, 9.17) is 25.2 Å². The number of carbonyl (C=O) groups is 1. The number of carbonyl (C=O) groups excluding carboxylic acids is 1. The molecule has 0 aliphatic carbocycles. The Kier molecular flexibility index (Phi) is 6.99. The molecule has 0 N–H and O–H groups in total. The SMILES string of the molecule is [C-]#[N+]c1cc(-c2c(OC)cnc3cc(-c4ncc(C(=O)N(C)C)cc4C)oc23)ccc1OC1CCOCC1. The average molecular weight is 513 g/mol. The smallest absolute Gasteiger partial charge is 0.254 e. The van der Waals surface area contributed by atoms with Crippen LogP contribution in [0.1, 0.15) is 28.8 Å². The molecule has 3 aromatic heterocycles. The van der Waals surface area contributed by atoms with Gasteiger partial charge in [0.15, 0.2) is 11.3 Å². The predicted molar refractivity (Wildman–Crippen MR) is 143 cm³/mol. The average Bonchev–Trinajstić information content (AvgIpc) is 3.36. The van der Waals surface area contributed by atoms with Crippen molar-refractivity contribution >= 4 is 22.7 Å². The lowest BCUT2D eigenvalue weighted by molar-refractivity contribution is 0.0259. The van der Waals surface area contributed by atoms with Crippen molar-refractivity contribution in [1.82, 2.24) is 14.9 Å². The number of methoxy groups -OCH3 is 1. The Morgan fingerprint density at radius 3 is 2.58 bits per heavy atom. The maximum atomic E-state index is 12.3. The molecule has 0 saturated carbocycles. The van der Waals surface area contributed by atoms with Gasteiger partial charge in [0.1, 0.15) is 28.8 Å². The number of pyridine rings is 2. The second-order valence-electron chi connectivity index (χ2n) is 9.34. The first-order chi connectivity index (χ1) is 18.4. The van der Waals surface area contributed by atoms with Gasteiger partial charge in [-0.15, -0.1) is 0 Å². The van der Waals surface area contributed by atoms with Crippen molar-refractivity contribution in [2.75, 3.05) is 34.4 Å². The molecule has 1 aromatic carbocycles. The Morgan fingerprint density at radius 2 is 1.89 bits per heavy atom. The summed E-state index contributed by atoms with van der Waals surface area (Å²) < 4.78 is 23.5. The van der Waals surface area contributed by atoms with E-state index in [9.17, 15) is 4.79 Å². The molecule has 0 bridgehead atoms. The standard InChI is InChI=1S/C29H28N4O5/c1-17-12-19(29(34)33(3)4)15-32-27(17)24-14-22-28(38-24)26(25(35-5)16-31-22)18-6-7-23(21(13-18)30-2)37-20-8-10-36-11-9-20/h6-7,12-16,20H,8-11H2,1,3-5H3. The molecule has 1 fully saturated rings. The first-order valence-corrected chi connectivity index (χ1v) is 12.3. The van der Waals surface area contributed by atoms with E-state index in [-0.39, 0.29) is 12.0 Å². The van der Waals surface area contributed by atoms with Gasteiger partial charge in [0.2, 0.25) is 5.69 Å². The summed E-state index contributed by atoms with van der Waals surface area (Å²) in [5.74, 6) is 1.47. The highest BCUT2D eigenvalue weighted by atomic mass is 16.5. The van der Waals surface area contributed by atoms with Gasteiger partial charge in [-0.25, -0.2) is 9.83 Å². The second kappa shape index (κ2) is 10.5. The van der Waals surface area contributed by atoms with E-state index >= 15 is 0 Å². The van der Waals surface area contributed by atoms with Gasteiger partial charge in [-0.05, 0) is 36.2 Å². The number of furan rings is 1. The number of aromatic nitrogens is 2. The van der Waals surface area contributed by atoms with E-state index in [2.05, 4.69) is 14.8 Å². The fourth-order valence-electron chi connectivity index (χ4n) is 4.55.